The quantitative estimate of drug-likeness (QED) is 0.299. The van der Waals surface area contributed by atoms with E-state index in [0.29, 0.717) is 12.2 Å². The van der Waals surface area contributed by atoms with E-state index in [-0.39, 0.29) is 5.56 Å². The zero-order valence-corrected chi connectivity index (χ0v) is 21.1. The zero-order chi connectivity index (χ0) is 25.1. The second-order valence-electron chi connectivity index (χ2n) is 8.83. The maximum Gasteiger partial charge on any atom is 0.335 e. The number of methoxy groups -OCH3 is 2. The van der Waals surface area contributed by atoms with E-state index < -0.39 is 5.97 Å². The molecule has 6 heteroatoms. The third kappa shape index (κ3) is 4.87. The highest BCUT2D eigenvalue weighted by molar-refractivity contribution is 7.19. The van der Waals surface area contributed by atoms with Crippen molar-refractivity contribution in [1.82, 2.24) is 0 Å². The van der Waals surface area contributed by atoms with Crippen molar-refractivity contribution in [2.24, 2.45) is 0 Å². The first-order chi connectivity index (χ1) is 17.6. The van der Waals surface area contributed by atoms with Crippen molar-refractivity contribution in [2.45, 2.75) is 31.5 Å². The molecule has 2 saturated heterocycles. The average molecular weight is 501 g/mol. The number of ether oxygens (including phenoxy) is 3. The van der Waals surface area contributed by atoms with Crippen LogP contribution in [0.3, 0.4) is 0 Å². The number of hydrogen-bond acceptors (Lipinski definition) is 5. The molecule has 2 bridgehead atoms. The molecule has 2 atom stereocenters. The number of aromatic carboxylic acids is 1. The van der Waals surface area contributed by atoms with E-state index in [4.69, 9.17) is 14.2 Å². The van der Waals surface area contributed by atoms with E-state index in [9.17, 15) is 9.90 Å². The molecular weight excluding hydrogens is 472 g/mol. The van der Waals surface area contributed by atoms with Crippen molar-refractivity contribution in [3.05, 3.63) is 84.4 Å². The summed E-state index contributed by atoms with van der Waals surface area (Å²) in [6.07, 6.45) is 5.42. The lowest BCUT2D eigenvalue weighted by Crippen LogP contribution is -2.25. The lowest BCUT2D eigenvalue weighted by molar-refractivity contribution is -0.0647. The van der Waals surface area contributed by atoms with Gasteiger partial charge in [-0.1, -0.05) is 42.5 Å². The number of carbonyl (C=O) groups is 1. The highest BCUT2D eigenvalue weighted by atomic mass is 32.1. The molecule has 5 nitrogen and oxygen atoms in total. The highest BCUT2D eigenvalue weighted by Gasteiger charge is 2.36. The molecule has 184 valence electrons. The molecule has 0 spiro atoms. The molecule has 1 saturated carbocycles. The van der Waals surface area contributed by atoms with Crippen LogP contribution in [0.1, 0.15) is 29.6 Å². The largest absolute Gasteiger partial charge is 0.496 e. The van der Waals surface area contributed by atoms with Gasteiger partial charge in [0.1, 0.15) is 11.5 Å². The predicted molar refractivity (Wildman–Crippen MR) is 143 cm³/mol. The van der Waals surface area contributed by atoms with Gasteiger partial charge in [-0.15, -0.1) is 11.3 Å². The Hall–Kier alpha value is -3.61. The number of hydrogen-bond donors (Lipinski definition) is 1. The van der Waals surface area contributed by atoms with Gasteiger partial charge in [-0.25, -0.2) is 4.79 Å². The molecule has 0 amide bonds. The minimum absolute atomic E-state index is 0.269. The first-order valence-corrected chi connectivity index (χ1v) is 12.8. The van der Waals surface area contributed by atoms with Crippen LogP contribution < -0.4 is 9.47 Å². The van der Waals surface area contributed by atoms with Gasteiger partial charge in [0.25, 0.3) is 0 Å². The molecule has 2 aliphatic heterocycles. The van der Waals surface area contributed by atoms with Crippen LogP contribution in [0.4, 0.5) is 0 Å². The molecule has 36 heavy (non-hydrogen) atoms. The van der Waals surface area contributed by atoms with Crippen molar-refractivity contribution < 1.29 is 24.1 Å². The van der Waals surface area contributed by atoms with Gasteiger partial charge in [-0.05, 0) is 61.2 Å². The summed E-state index contributed by atoms with van der Waals surface area (Å²) in [5, 5.41) is 9.18. The Kier molecular flexibility index (Phi) is 7.07. The first kappa shape index (κ1) is 24.1. The van der Waals surface area contributed by atoms with Gasteiger partial charge in [0, 0.05) is 26.4 Å². The Morgan fingerprint density at radius 3 is 1.92 bits per heavy atom. The molecule has 1 N–H and O–H groups in total. The number of carboxylic acid groups (broad SMARTS) is 1. The van der Waals surface area contributed by atoms with E-state index >= 15 is 0 Å². The fourth-order valence-corrected chi connectivity index (χ4v) is 5.92. The maximum absolute atomic E-state index is 11.2. The second kappa shape index (κ2) is 10.6. The summed E-state index contributed by atoms with van der Waals surface area (Å²) in [4.78, 5) is 13.3. The molecule has 4 aromatic rings. The lowest BCUT2D eigenvalue weighted by Gasteiger charge is -2.23. The minimum Gasteiger partial charge on any atom is -0.496 e. The van der Waals surface area contributed by atoms with Crippen molar-refractivity contribution >= 4 is 17.3 Å². The van der Waals surface area contributed by atoms with Crippen LogP contribution in [0.15, 0.2) is 78.9 Å². The highest BCUT2D eigenvalue weighted by Crippen LogP contribution is 2.48. The van der Waals surface area contributed by atoms with E-state index in [0.717, 1.165) is 43.5 Å². The van der Waals surface area contributed by atoms with Gasteiger partial charge >= 0.3 is 5.97 Å². The minimum atomic E-state index is -0.933. The molecule has 3 aromatic carbocycles. The number of carboxylic acids is 1. The van der Waals surface area contributed by atoms with Crippen LogP contribution in [0, 0.1) is 0 Å². The number of para-hydroxylation sites is 2. The Morgan fingerprint density at radius 1 is 0.833 bits per heavy atom. The van der Waals surface area contributed by atoms with Crippen molar-refractivity contribution in [3.63, 3.8) is 0 Å². The SMILES string of the molecule is C1CC2CC1O2.COc1ccccc1-c1cc(-c2ccc(C(=O)O)cc2)sc1-c1ccccc1OC. The third-order valence-corrected chi connectivity index (χ3v) is 7.84. The molecule has 2 unspecified atom stereocenters. The van der Waals surface area contributed by atoms with E-state index in [2.05, 4.69) is 6.07 Å². The summed E-state index contributed by atoms with van der Waals surface area (Å²) in [6.45, 7) is 0. The molecule has 7 rings (SSSR count). The van der Waals surface area contributed by atoms with Gasteiger partial charge in [0.05, 0.1) is 32.0 Å². The molecule has 3 heterocycles. The van der Waals surface area contributed by atoms with Crippen LogP contribution in [0.5, 0.6) is 11.5 Å². The van der Waals surface area contributed by atoms with Crippen LogP contribution in [0.2, 0.25) is 0 Å². The Bertz CT molecular complexity index is 1270. The zero-order valence-electron chi connectivity index (χ0n) is 20.3. The van der Waals surface area contributed by atoms with E-state index in [1.807, 2.05) is 60.7 Å². The van der Waals surface area contributed by atoms with Crippen LogP contribution in [-0.2, 0) is 4.74 Å². The van der Waals surface area contributed by atoms with E-state index in [1.165, 1.54) is 19.3 Å². The summed E-state index contributed by atoms with van der Waals surface area (Å²) in [7, 11) is 3.33. The van der Waals surface area contributed by atoms with Crippen LogP contribution >= 0.6 is 11.3 Å². The van der Waals surface area contributed by atoms with Crippen LogP contribution in [-0.4, -0.2) is 37.5 Å². The summed E-state index contributed by atoms with van der Waals surface area (Å²) >= 11 is 1.64. The van der Waals surface area contributed by atoms with Crippen molar-refractivity contribution in [3.8, 4) is 43.5 Å². The molecule has 1 aromatic heterocycles. The molecule has 3 fully saturated rings. The molecule has 0 radical (unpaired) electrons. The number of thiophene rings is 1. The first-order valence-electron chi connectivity index (χ1n) is 12.0. The number of benzene rings is 3. The van der Waals surface area contributed by atoms with Gasteiger partial charge in [-0.3, -0.25) is 0 Å². The Morgan fingerprint density at radius 2 is 1.39 bits per heavy atom. The summed E-state index contributed by atoms with van der Waals surface area (Å²) < 4.78 is 16.5. The van der Waals surface area contributed by atoms with Gasteiger partial charge < -0.3 is 19.3 Å². The fourth-order valence-electron chi connectivity index (χ4n) is 4.71. The second-order valence-corrected chi connectivity index (χ2v) is 9.88. The molecule has 1 aliphatic carbocycles. The van der Waals surface area contributed by atoms with Crippen molar-refractivity contribution in [1.29, 1.82) is 0 Å². The third-order valence-electron chi connectivity index (χ3n) is 6.62. The monoisotopic (exact) mass is 500 g/mol. The fraction of sp³-hybridized carbons (Fsp3) is 0.233. The normalized spacial score (nSPS) is 17.5. The van der Waals surface area contributed by atoms with E-state index in [1.54, 1.807) is 37.7 Å². The maximum atomic E-state index is 11.2. The topological polar surface area (TPSA) is 65.0 Å². The standard InChI is InChI=1S/C25H20O4S.C5H8O/c1-28-21-9-5-3-7-18(21)20-15-23(16-11-13-17(14-12-16)25(26)27)30-24(20)19-8-4-6-10-22(19)29-2;1-2-5-3-4(1)6-5/h3-15H,1-2H3,(H,26,27);4-5H,1-3H2. The summed E-state index contributed by atoms with van der Waals surface area (Å²) in [5.41, 5.74) is 4.26. The van der Waals surface area contributed by atoms with Gasteiger partial charge in [0.15, 0.2) is 0 Å². The molecule has 3 aliphatic rings. The lowest BCUT2D eigenvalue weighted by atomic mass is 10.00. The number of rotatable bonds is 6. The average Bonchev–Trinajstić information content (AvgIpc) is 3.66. The predicted octanol–water partition coefficient (Wildman–Crippen LogP) is 7.40. The summed E-state index contributed by atoms with van der Waals surface area (Å²) in [6, 6.07) is 24.9. The smallest absolute Gasteiger partial charge is 0.335 e. The van der Waals surface area contributed by atoms with Crippen molar-refractivity contribution in [2.75, 3.05) is 14.2 Å². The Balaban J connectivity index is 0.000000382. The molecular formula is C30H28O5S. The van der Waals surface area contributed by atoms with Crippen LogP contribution in [0.25, 0.3) is 32.0 Å². The summed E-state index contributed by atoms with van der Waals surface area (Å²) in [5.74, 6) is 0.652. The number of fused-ring (bicyclic) bond motifs is 1. The van der Waals surface area contributed by atoms with Gasteiger partial charge in [0.2, 0.25) is 0 Å². The van der Waals surface area contributed by atoms with Gasteiger partial charge in [-0.2, -0.15) is 0 Å². The Labute approximate surface area is 214 Å².